The molecule has 2 fully saturated rings. The number of amides is 1. The first kappa shape index (κ1) is 22.1. The first-order chi connectivity index (χ1) is 16.5. The minimum absolute atomic E-state index is 0.00279. The third-order valence-corrected chi connectivity index (χ3v) is 6.82. The van der Waals surface area contributed by atoms with Crippen molar-refractivity contribution >= 4 is 28.4 Å². The molecule has 1 atom stereocenters. The number of piperazine rings is 1. The smallest absolute Gasteiger partial charge is 0.225 e. The number of pyridine rings is 1. The van der Waals surface area contributed by atoms with Gasteiger partial charge in [-0.3, -0.25) is 9.36 Å². The number of aromatic nitrogens is 4. The van der Waals surface area contributed by atoms with Crippen molar-refractivity contribution in [1.82, 2.24) is 24.4 Å². The molecule has 0 N–H and O–H groups in total. The summed E-state index contributed by atoms with van der Waals surface area (Å²) in [5, 5.41) is 10.4. The first-order valence-corrected chi connectivity index (χ1v) is 12.0. The summed E-state index contributed by atoms with van der Waals surface area (Å²) >= 11 is 0. The van der Waals surface area contributed by atoms with Crippen LogP contribution in [0.4, 0.5) is 11.5 Å². The molecule has 5 heterocycles. The van der Waals surface area contributed by atoms with Gasteiger partial charge >= 0.3 is 0 Å². The van der Waals surface area contributed by atoms with E-state index in [1.165, 1.54) is 0 Å². The second-order valence-electron chi connectivity index (χ2n) is 9.47. The van der Waals surface area contributed by atoms with E-state index >= 15 is 0 Å². The number of nitrogens with zero attached hydrogens (tertiary/aromatic N) is 8. The van der Waals surface area contributed by atoms with Gasteiger partial charge in [0.15, 0.2) is 5.65 Å². The molecule has 0 aromatic carbocycles. The summed E-state index contributed by atoms with van der Waals surface area (Å²) in [6.07, 6.45) is 7.66. The Hall–Kier alpha value is -3.67. The van der Waals surface area contributed by atoms with Crippen molar-refractivity contribution in [2.24, 2.45) is 5.92 Å². The number of hydrogen-bond donors (Lipinski definition) is 0. The van der Waals surface area contributed by atoms with Crippen LogP contribution in [-0.2, 0) is 4.79 Å². The molecule has 0 aliphatic carbocycles. The zero-order valence-corrected chi connectivity index (χ0v) is 20.0. The number of nitriles is 1. The van der Waals surface area contributed by atoms with Crippen LogP contribution >= 0.6 is 0 Å². The predicted octanol–water partition coefficient (Wildman–Crippen LogP) is 2.98. The third kappa shape index (κ3) is 3.83. The molecule has 0 saturated carbocycles. The highest BCUT2D eigenvalue weighted by molar-refractivity contribution is 6.00. The lowest BCUT2D eigenvalue weighted by atomic mass is 10.1. The Kier molecular flexibility index (Phi) is 5.82. The summed E-state index contributed by atoms with van der Waals surface area (Å²) < 4.78 is 1.97. The molecule has 176 valence electrons. The molecule has 2 aliphatic heterocycles. The van der Waals surface area contributed by atoms with Crippen LogP contribution in [0, 0.1) is 17.2 Å². The van der Waals surface area contributed by atoms with E-state index in [1.54, 1.807) is 24.7 Å². The molecular weight excluding hydrogens is 428 g/mol. The van der Waals surface area contributed by atoms with Gasteiger partial charge in [-0.25, -0.2) is 15.0 Å². The number of fused-ring (bicyclic) bond motifs is 1. The quantitative estimate of drug-likeness (QED) is 0.593. The summed E-state index contributed by atoms with van der Waals surface area (Å²) in [6.45, 7) is 10.1. The third-order valence-electron chi connectivity index (χ3n) is 6.82. The van der Waals surface area contributed by atoms with Crippen molar-refractivity contribution in [3.8, 4) is 11.9 Å². The molecule has 9 heteroatoms. The van der Waals surface area contributed by atoms with Gasteiger partial charge in [-0.1, -0.05) is 13.8 Å². The molecule has 2 saturated heterocycles. The average Bonchev–Trinajstić information content (AvgIpc) is 3.51. The average molecular weight is 459 g/mol. The van der Waals surface area contributed by atoms with Crippen molar-refractivity contribution in [3.05, 3.63) is 36.4 Å². The molecule has 2 aliphatic rings. The van der Waals surface area contributed by atoms with E-state index in [-0.39, 0.29) is 17.9 Å². The molecule has 1 amide bonds. The lowest BCUT2D eigenvalue weighted by molar-refractivity contribution is -0.135. The Morgan fingerprint density at radius 1 is 1.15 bits per heavy atom. The standard InChI is InChI=1S/C25H30N8O/c1-17(2)25(34)31-10-11-32(18(3)14-31)23-22-20(30-8-4-5-9-30)15-33(24(22)29-16-28-23)21-12-19(13-26)6-7-27-21/h6-7,12,15-18H,4-5,8-11,14H2,1-3H3/t18-/m0/s1. The summed E-state index contributed by atoms with van der Waals surface area (Å²) in [5.74, 6) is 1.76. The fourth-order valence-electron chi connectivity index (χ4n) is 5.07. The van der Waals surface area contributed by atoms with Gasteiger partial charge < -0.3 is 14.7 Å². The first-order valence-electron chi connectivity index (χ1n) is 12.0. The molecule has 5 rings (SSSR count). The Morgan fingerprint density at radius 2 is 1.94 bits per heavy atom. The van der Waals surface area contributed by atoms with Crippen LogP contribution in [0.5, 0.6) is 0 Å². The summed E-state index contributed by atoms with van der Waals surface area (Å²) in [4.78, 5) is 33.2. The second-order valence-corrected chi connectivity index (χ2v) is 9.47. The van der Waals surface area contributed by atoms with Crippen molar-refractivity contribution in [2.45, 2.75) is 39.7 Å². The Labute approximate surface area is 199 Å². The largest absolute Gasteiger partial charge is 0.370 e. The lowest BCUT2D eigenvalue weighted by Crippen LogP contribution is -2.54. The van der Waals surface area contributed by atoms with E-state index < -0.39 is 0 Å². The normalized spacial score (nSPS) is 18.7. The zero-order valence-electron chi connectivity index (χ0n) is 20.0. The number of carbonyl (C=O) groups excluding carboxylic acids is 1. The van der Waals surface area contributed by atoms with Crippen molar-refractivity contribution < 1.29 is 4.79 Å². The van der Waals surface area contributed by atoms with Crippen LogP contribution in [0.2, 0.25) is 0 Å². The van der Waals surface area contributed by atoms with Gasteiger partial charge in [0, 0.05) is 57.1 Å². The van der Waals surface area contributed by atoms with E-state index in [0.29, 0.717) is 24.5 Å². The Bertz CT molecular complexity index is 1250. The minimum Gasteiger partial charge on any atom is -0.370 e. The monoisotopic (exact) mass is 458 g/mol. The summed E-state index contributed by atoms with van der Waals surface area (Å²) in [6, 6.07) is 5.82. The Morgan fingerprint density at radius 3 is 2.65 bits per heavy atom. The summed E-state index contributed by atoms with van der Waals surface area (Å²) in [5.41, 5.74) is 2.44. The maximum atomic E-state index is 12.6. The molecule has 0 spiro atoms. The molecule has 3 aromatic heterocycles. The van der Waals surface area contributed by atoms with Gasteiger partial charge in [0.05, 0.1) is 22.7 Å². The van der Waals surface area contributed by atoms with E-state index in [4.69, 9.17) is 4.98 Å². The van der Waals surface area contributed by atoms with Crippen LogP contribution in [0.3, 0.4) is 0 Å². The van der Waals surface area contributed by atoms with Gasteiger partial charge in [-0.05, 0) is 31.9 Å². The Balaban J connectivity index is 1.60. The van der Waals surface area contributed by atoms with E-state index in [1.807, 2.05) is 23.3 Å². The molecule has 0 radical (unpaired) electrons. The topological polar surface area (TPSA) is 94.2 Å². The second kappa shape index (κ2) is 8.93. The number of rotatable bonds is 4. The van der Waals surface area contributed by atoms with Crippen molar-refractivity contribution in [1.29, 1.82) is 5.26 Å². The fraction of sp³-hybridized carbons (Fsp3) is 0.480. The van der Waals surface area contributed by atoms with Crippen molar-refractivity contribution in [2.75, 3.05) is 42.5 Å². The molecule has 0 bridgehead atoms. The van der Waals surface area contributed by atoms with Crippen LogP contribution in [0.1, 0.15) is 39.2 Å². The van der Waals surface area contributed by atoms with Gasteiger partial charge in [-0.2, -0.15) is 5.26 Å². The molecule has 3 aromatic rings. The van der Waals surface area contributed by atoms with E-state index in [2.05, 4.69) is 39.0 Å². The predicted molar refractivity (Wildman–Crippen MR) is 131 cm³/mol. The number of hydrogen-bond acceptors (Lipinski definition) is 7. The highest BCUT2D eigenvalue weighted by Gasteiger charge is 2.32. The van der Waals surface area contributed by atoms with Crippen LogP contribution in [-0.4, -0.2) is 69.1 Å². The SMILES string of the molecule is CC(C)C(=O)N1CCN(c2ncnc3c2c(N2CCCC2)cn3-c2cc(C#N)ccn2)[C@@H](C)C1. The van der Waals surface area contributed by atoms with Crippen molar-refractivity contribution in [3.63, 3.8) is 0 Å². The van der Waals surface area contributed by atoms with Crippen LogP contribution in [0.25, 0.3) is 16.9 Å². The zero-order chi connectivity index (χ0) is 23.8. The lowest BCUT2D eigenvalue weighted by Gasteiger charge is -2.41. The highest BCUT2D eigenvalue weighted by Crippen LogP contribution is 2.38. The molecular formula is C25H30N8O. The number of anilines is 2. The summed E-state index contributed by atoms with van der Waals surface area (Å²) in [7, 11) is 0. The molecule has 0 unspecified atom stereocenters. The van der Waals surface area contributed by atoms with Crippen LogP contribution < -0.4 is 9.80 Å². The van der Waals surface area contributed by atoms with Gasteiger partial charge in [0.1, 0.15) is 18.0 Å². The minimum atomic E-state index is -0.00279. The maximum absolute atomic E-state index is 12.6. The van der Waals surface area contributed by atoms with Gasteiger partial charge in [0.2, 0.25) is 5.91 Å². The fourth-order valence-corrected chi connectivity index (χ4v) is 5.07. The maximum Gasteiger partial charge on any atom is 0.225 e. The van der Waals surface area contributed by atoms with E-state index in [0.717, 1.165) is 55.0 Å². The number of carbonyl (C=O) groups is 1. The molecule has 9 nitrogen and oxygen atoms in total. The van der Waals surface area contributed by atoms with E-state index in [9.17, 15) is 10.1 Å². The van der Waals surface area contributed by atoms with Crippen LogP contribution in [0.15, 0.2) is 30.9 Å². The van der Waals surface area contributed by atoms with Gasteiger partial charge in [0.25, 0.3) is 0 Å². The molecule has 34 heavy (non-hydrogen) atoms. The van der Waals surface area contributed by atoms with Gasteiger partial charge in [-0.15, -0.1) is 0 Å². The highest BCUT2D eigenvalue weighted by atomic mass is 16.2.